The summed E-state index contributed by atoms with van der Waals surface area (Å²) in [5, 5.41) is 6.98. The zero-order valence-electron chi connectivity index (χ0n) is 23.0. The zero-order chi connectivity index (χ0) is 29.8. The quantitative estimate of drug-likeness (QED) is 0.125. The molecular weight excluding hydrogens is 541 g/mol. The van der Waals surface area contributed by atoms with Gasteiger partial charge < -0.3 is 14.8 Å². The van der Waals surface area contributed by atoms with Gasteiger partial charge in [0.1, 0.15) is 17.1 Å². The summed E-state index contributed by atoms with van der Waals surface area (Å²) in [5.74, 6) is -0.460. The van der Waals surface area contributed by atoms with Crippen LogP contribution in [0.2, 0.25) is 0 Å². The summed E-state index contributed by atoms with van der Waals surface area (Å²) in [6, 6.07) is 19.2. The Morgan fingerprint density at radius 1 is 1.12 bits per heavy atom. The van der Waals surface area contributed by atoms with E-state index in [-0.39, 0.29) is 23.5 Å². The van der Waals surface area contributed by atoms with Crippen molar-refractivity contribution in [1.82, 2.24) is 14.3 Å². The number of para-hydroxylation sites is 1. The molecule has 11 nitrogen and oxygen atoms in total. The summed E-state index contributed by atoms with van der Waals surface area (Å²) in [4.78, 5) is 34.0. The second kappa shape index (κ2) is 11.9. The lowest BCUT2D eigenvalue weighted by Gasteiger charge is -2.15. The van der Waals surface area contributed by atoms with Gasteiger partial charge in [-0.05, 0) is 54.9 Å². The number of carbonyl (C=O) groups is 1. The lowest BCUT2D eigenvalue weighted by atomic mass is 10.2. The third-order valence-electron chi connectivity index (χ3n) is 6.63. The van der Waals surface area contributed by atoms with E-state index in [1.54, 1.807) is 86.4 Å². The number of halogens is 1. The third-order valence-corrected chi connectivity index (χ3v) is 6.63. The molecule has 0 saturated carbocycles. The van der Waals surface area contributed by atoms with E-state index < -0.39 is 23.3 Å². The second-order valence-corrected chi connectivity index (χ2v) is 9.44. The molecule has 1 amide bonds. The van der Waals surface area contributed by atoms with E-state index in [0.29, 0.717) is 33.8 Å². The van der Waals surface area contributed by atoms with E-state index in [2.05, 4.69) is 20.3 Å². The molecule has 3 aromatic carbocycles. The van der Waals surface area contributed by atoms with Crippen molar-refractivity contribution >= 4 is 22.5 Å². The molecule has 2 heterocycles. The van der Waals surface area contributed by atoms with Crippen molar-refractivity contribution in [2.45, 2.75) is 26.4 Å². The van der Waals surface area contributed by atoms with Crippen LogP contribution >= 0.6 is 0 Å². The smallest absolute Gasteiger partial charge is 0.284 e. The van der Waals surface area contributed by atoms with Crippen LogP contribution in [-0.2, 0) is 6.54 Å². The number of benzene rings is 3. The number of pyridine rings is 1. The number of nitrogens with zero attached hydrogens (tertiary/aromatic N) is 6. The maximum Gasteiger partial charge on any atom is 0.284 e. The Labute approximate surface area is 239 Å². The molecule has 0 bridgehead atoms. The SMILES string of the molecule is COc1ccc2c(Oc3ccc(NC(=O)c4c(C)n(C[C@H](C)N=[N+]=[N-])n(-c5ccccc5)c4=O)cc3F)ccnc2c1. The van der Waals surface area contributed by atoms with E-state index in [1.165, 1.54) is 16.8 Å². The number of hydrogen-bond acceptors (Lipinski definition) is 6. The van der Waals surface area contributed by atoms with Crippen molar-refractivity contribution in [3.8, 4) is 22.9 Å². The number of hydrogen-bond donors (Lipinski definition) is 1. The van der Waals surface area contributed by atoms with Crippen LogP contribution in [0.4, 0.5) is 10.1 Å². The number of methoxy groups -OCH3 is 1. The Kier molecular flexibility index (Phi) is 7.89. The summed E-state index contributed by atoms with van der Waals surface area (Å²) >= 11 is 0. The predicted molar refractivity (Wildman–Crippen MR) is 156 cm³/mol. The third kappa shape index (κ3) is 5.51. The average Bonchev–Trinajstić information content (AvgIpc) is 3.23. The monoisotopic (exact) mass is 567 g/mol. The van der Waals surface area contributed by atoms with Gasteiger partial charge in [0.25, 0.3) is 11.5 Å². The maximum absolute atomic E-state index is 15.1. The maximum atomic E-state index is 15.1. The molecule has 5 rings (SSSR count). The molecule has 5 aromatic rings. The van der Waals surface area contributed by atoms with E-state index in [9.17, 15) is 9.59 Å². The highest BCUT2D eigenvalue weighted by Crippen LogP contribution is 2.33. The topological polar surface area (TPSA) is 136 Å². The molecule has 42 heavy (non-hydrogen) atoms. The number of fused-ring (bicyclic) bond motifs is 1. The van der Waals surface area contributed by atoms with Crippen LogP contribution in [0, 0.1) is 12.7 Å². The number of carbonyl (C=O) groups excluding carboxylic acids is 1. The Hall–Kier alpha value is -5.61. The van der Waals surface area contributed by atoms with E-state index >= 15 is 4.39 Å². The van der Waals surface area contributed by atoms with Crippen molar-refractivity contribution in [2.75, 3.05) is 12.4 Å². The number of rotatable bonds is 9. The molecule has 0 aliphatic heterocycles. The summed E-state index contributed by atoms with van der Waals surface area (Å²) in [7, 11) is 1.56. The van der Waals surface area contributed by atoms with Crippen molar-refractivity contribution < 1.29 is 18.7 Å². The summed E-state index contributed by atoms with van der Waals surface area (Å²) in [5.41, 5.74) is 9.81. The summed E-state index contributed by atoms with van der Waals surface area (Å²) < 4.78 is 29.2. The first-order valence-electron chi connectivity index (χ1n) is 12.9. The van der Waals surface area contributed by atoms with Crippen LogP contribution in [0.15, 0.2) is 88.9 Å². The lowest BCUT2D eigenvalue weighted by molar-refractivity contribution is 0.102. The van der Waals surface area contributed by atoms with E-state index in [1.807, 2.05) is 0 Å². The zero-order valence-corrected chi connectivity index (χ0v) is 23.0. The minimum atomic E-state index is -0.717. The van der Waals surface area contributed by atoms with Crippen LogP contribution in [0.5, 0.6) is 17.2 Å². The first kappa shape index (κ1) is 27.9. The van der Waals surface area contributed by atoms with Gasteiger partial charge in [-0.1, -0.05) is 30.2 Å². The molecule has 0 unspecified atom stereocenters. The Bertz CT molecular complexity index is 1900. The van der Waals surface area contributed by atoms with E-state index in [0.717, 1.165) is 6.07 Å². The van der Waals surface area contributed by atoms with Gasteiger partial charge in [0.2, 0.25) is 0 Å². The van der Waals surface area contributed by atoms with Crippen LogP contribution in [0.1, 0.15) is 23.0 Å². The number of nitrogens with one attached hydrogen (secondary N) is 1. The number of azide groups is 1. The van der Waals surface area contributed by atoms with Gasteiger partial charge in [0, 0.05) is 40.9 Å². The van der Waals surface area contributed by atoms with Gasteiger partial charge in [0.15, 0.2) is 11.6 Å². The molecule has 0 aliphatic carbocycles. The largest absolute Gasteiger partial charge is 0.497 e. The van der Waals surface area contributed by atoms with Gasteiger partial charge in [-0.2, -0.15) is 0 Å². The highest BCUT2D eigenvalue weighted by Gasteiger charge is 2.25. The van der Waals surface area contributed by atoms with Crippen LogP contribution in [-0.4, -0.2) is 33.4 Å². The first-order chi connectivity index (χ1) is 20.3. The molecule has 1 N–H and O–H groups in total. The molecule has 2 aromatic heterocycles. The normalized spacial score (nSPS) is 11.5. The second-order valence-electron chi connectivity index (χ2n) is 9.44. The minimum absolute atomic E-state index is 0.0582. The fourth-order valence-corrected chi connectivity index (χ4v) is 4.62. The lowest BCUT2D eigenvalue weighted by Crippen LogP contribution is -2.27. The first-order valence-corrected chi connectivity index (χ1v) is 12.9. The minimum Gasteiger partial charge on any atom is -0.497 e. The molecule has 0 spiro atoms. The van der Waals surface area contributed by atoms with Gasteiger partial charge in [-0.25, -0.2) is 9.07 Å². The Morgan fingerprint density at radius 3 is 2.62 bits per heavy atom. The number of ether oxygens (including phenoxy) is 2. The van der Waals surface area contributed by atoms with Gasteiger partial charge >= 0.3 is 0 Å². The molecule has 212 valence electrons. The highest BCUT2D eigenvalue weighted by molar-refractivity contribution is 6.05. The Balaban J connectivity index is 1.43. The Morgan fingerprint density at radius 2 is 1.90 bits per heavy atom. The number of amides is 1. The molecule has 1 atom stereocenters. The molecular formula is C30H26FN7O4. The fourth-order valence-electron chi connectivity index (χ4n) is 4.62. The molecule has 0 saturated heterocycles. The van der Waals surface area contributed by atoms with Crippen molar-refractivity contribution in [1.29, 1.82) is 0 Å². The molecule has 0 aliphatic rings. The van der Waals surface area contributed by atoms with Crippen LogP contribution in [0.25, 0.3) is 27.0 Å². The molecule has 0 radical (unpaired) electrons. The fraction of sp³-hybridized carbons (Fsp3) is 0.167. The average molecular weight is 568 g/mol. The van der Waals surface area contributed by atoms with E-state index in [4.69, 9.17) is 15.0 Å². The van der Waals surface area contributed by atoms with Crippen molar-refractivity contribution in [3.63, 3.8) is 0 Å². The van der Waals surface area contributed by atoms with Crippen molar-refractivity contribution in [3.05, 3.63) is 117 Å². The summed E-state index contributed by atoms with van der Waals surface area (Å²) in [6.45, 7) is 3.49. The van der Waals surface area contributed by atoms with Crippen LogP contribution in [0.3, 0.4) is 0 Å². The highest BCUT2D eigenvalue weighted by atomic mass is 19.1. The predicted octanol–water partition coefficient (Wildman–Crippen LogP) is 6.39. The number of aromatic nitrogens is 3. The summed E-state index contributed by atoms with van der Waals surface area (Å²) in [6.07, 6.45) is 1.55. The van der Waals surface area contributed by atoms with Gasteiger partial charge in [-0.3, -0.25) is 19.3 Å². The van der Waals surface area contributed by atoms with Gasteiger partial charge in [-0.15, -0.1) is 0 Å². The van der Waals surface area contributed by atoms with Crippen LogP contribution < -0.4 is 20.3 Å². The molecule has 0 fully saturated rings. The number of anilines is 1. The standard InChI is InChI=1S/C30H26FN7O4/c1-18(35-36-32)17-37-19(2)28(30(40)38(37)21-7-5-4-6-8-21)29(39)34-20-9-12-27(24(31)15-20)42-26-13-14-33-25-16-22(41-3)10-11-23(25)26/h4-16,18H,17H2,1-3H3,(H,34,39)/t18-/m0/s1. The molecule has 12 heteroatoms. The van der Waals surface area contributed by atoms with Crippen molar-refractivity contribution in [2.24, 2.45) is 5.11 Å². The van der Waals surface area contributed by atoms with Gasteiger partial charge in [0.05, 0.1) is 30.0 Å².